The zero-order valence-electron chi connectivity index (χ0n) is 12.2. The van der Waals surface area contributed by atoms with Gasteiger partial charge in [0.2, 0.25) is 0 Å². The molecule has 0 bridgehead atoms. The molecule has 0 aromatic carbocycles. The molecule has 1 aliphatic heterocycles. The fourth-order valence-electron chi connectivity index (χ4n) is 2.12. The van der Waals surface area contributed by atoms with Gasteiger partial charge in [0.25, 0.3) is 0 Å². The van der Waals surface area contributed by atoms with Crippen molar-refractivity contribution in [3.8, 4) is 0 Å². The molecule has 1 N–H and O–H groups in total. The van der Waals surface area contributed by atoms with Crippen LogP contribution in [0.2, 0.25) is 0 Å². The predicted octanol–water partition coefficient (Wildman–Crippen LogP) is 2.90. The van der Waals surface area contributed by atoms with Crippen LogP contribution in [0.1, 0.15) is 38.1 Å². The number of rotatable bonds is 4. The maximum atomic E-state index is 12.4. The lowest BCUT2D eigenvalue weighted by Crippen LogP contribution is -2.32. The van der Waals surface area contributed by atoms with Gasteiger partial charge in [0.1, 0.15) is 5.69 Å². The smallest absolute Gasteiger partial charge is 0.348 e. The van der Waals surface area contributed by atoms with E-state index in [1.165, 1.54) is 12.3 Å². The molecule has 21 heavy (non-hydrogen) atoms. The maximum absolute atomic E-state index is 12.4. The molecule has 1 unspecified atom stereocenters. The molecule has 7 heteroatoms. The van der Waals surface area contributed by atoms with E-state index in [-0.39, 0.29) is 12.1 Å². The lowest BCUT2D eigenvalue weighted by atomic mass is 10.1. The van der Waals surface area contributed by atoms with Crippen LogP contribution in [0.4, 0.5) is 13.2 Å². The second kappa shape index (κ2) is 5.90. The van der Waals surface area contributed by atoms with Crippen molar-refractivity contribution in [2.75, 3.05) is 13.2 Å². The van der Waals surface area contributed by atoms with E-state index in [0.29, 0.717) is 18.7 Å². The molecule has 0 aliphatic carbocycles. The molecule has 1 fully saturated rings. The minimum atomic E-state index is -4.41. The number of pyridine rings is 1. The van der Waals surface area contributed by atoms with E-state index in [0.717, 1.165) is 6.07 Å². The molecule has 2 atom stereocenters. The van der Waals surface area contributed by atoms with Crippen LogP contribution >= 0.6 is 0 Å². The minimum absolute atomic E-state index is 0.0649. The lowest BCUT2D eigenvalue weighted by Gasteiger charge is -2.19. The van der Waals surface area contributed by atoms with Crippen LogP contribution in [0.3, 0.4) is 0 Å². The van der Waals surface area contributed by atoms with Crippen LogP contribution in [0.25, 0.3) is 0 Å². The zero-order valence-corrected chi connectivity index (χ0v) is 12.2. The van der Waals surface area contributed by atoms with Gasteiger partial charge in [-0.05, 0) is 32.4 Å². The zero-order chi connectivity index (χ0) is 15.7. The van der Waals surface area contributed by atoms with Crippen LogP contribution in [0, 0.1) is 0 Å². The summed E-state index contributed by atoms with van der Waals surface area (Å²) < 4.78 is 48.4. The Morgan fingerprint density at radius 2 is 2.14 bits per heavy atom. The third-order valence-corrected chi connectivity index (χ3v) is 3.30. The maximum Gasteiger partial charge on any atom is 0.433 e. The van der Waals surface area contributed by atoms with Crippen molar-refractivity contribution in [2.24, 2.45) is 0 Å². The van der Waals surface area contributed by atoms with Crippen LogP contribution in [0.5, 0.6) is 0 Å². The molecule has 0 radical (unpaired) electrons. The third-order valence-electron chi connectivity index (χ3n) is 3.30. The summed E-state index contributed by atoms with van der Waals surface area (Å²) in [6, 6.07) is 2.31. The SMILES string of the molecule is CC(NC[C@@H]1COC(C)(C)O1)c1ccc(C(F)(F)F)nc1. The fourth-order valence-corrected chi connectivity index (χ4v) is 2.12. The van der Waals surface area contributed by atoms with Gasteiger partial charge in [-0.1, -0.05) is 6.07 Å². The summed E-state index contributed by atoms with van der Waals surface area (Å²) >= 11 is 0. The van der Waals surface area contributed by atoms with E-state index < -0.39 is 17.7 Å². The molecule has 2 heterocycles. The fraction of sp³-hybridized carbons (Fsp3) is 0.643. The Morgan fingerprint density at radius 3 is 2.62 bits per heavy atom. The van der Waals surface area contributed by atoms with Gasteiger partial charge in [0, 0.05) is 18.8 Å². The molecule has 2 rings (SSSR count). The summed E-state index contributed by atoms with van der Waals surface area (Å²) in [5, 5.41) is 3.21. The molecular weight excluding hydrogens is 285 g/mol. The molecule has 4 nitrogen and oxygen atoms in total. The number of nitrogens with one attached hydrogen (secondary N) is 1. The quantitative estimate of drug-likeness (QED) is 0.929. The molecule has 0 spiro atoms. The summed E-state index contributed by atoms with van der Waals surface area (Å²) in [7, 11) is 0. The topological polar surface area (TPSA) is 43.4 Å². The van der Waals surface area contributed by atoms with Gasteiger partial charge >= 0.3 is 6.18 Å². The molecule has 0 saturated carbocycles. The Morgan fingerprint density at radius 1 is 1.43 bits per heavy atom. The van der Waals surface area contributed by atoms with Gasteiger partial charge in [-0.15, -0.1) is 0 Å². The van der Waals surface area contributed by atoms with E-state index in [4.69, 9.17) is 9.47 Å². The van der Waals surface area contributed by atoms with E-state index in [1.54, 1.807) is 0 Å². The highest BCUT2D eigenvalue weighted by Crippen LogP contribution is 2.28. The highest BCUT2D eigenvalue weighted by Gasteiger charge is 2.33. The number of ether oxygens (including phenoxy) is 2. The third kappa shape index (κ3) is 4.39. The van der Waals surface area contributed by atoms with E-state index in [9.17, 15) is 13.2 Å². The highest BCUT2D eigenvalue weighted by atomic mass is 19.4. The lowest BCUT2D eigenvalue weighted by molar-refractivity contribution is -0.141. The Balaban J connectivity index is 1.87. The summed E-state index contributed by atoms with van der Waals surface area (Å²) in [5.41, 5.74) is -0.186. The molecule has 1 aliphatic rings. The summed E-state index contributed by atoms with van der Waals surface area (Å²) in [4.78, 5) is 3.45. The van der Waals surface area contributed by atoms with Crippen molar-refractivity contribution in [3.63, 3.8) is 0 Å². The number of hydrogen-bond donors (Lipinski definition) is 1. The number of halogens is 3. The van der Waals surface area contributed by atoms with Crippen LogP contribution in [0.15, 0.2) is 18.3 Å². The van der Waals surface area contributed by atoms with Crippen LogP contribution < -0.4 is 5.32 Å². The van der Waals surface area contributed by atoms with Crippen LogP contribution in [-0.4, -0.2) is 30.0 Å². The van der Waals surface area contributed by atoms with Gasteiger partial charge in [-0.3, -0.25) is 4.98 Å². The monoisotopic (exact) mass is 304 g/mol. The van der Waals surface area contributed by atoms with E-state index in [1.807, 2.05) is 20.8 Å². The first-order chi connectivity index (χ1) is 9.67. The van der Waals surface area contributed by atoms with Crippen molar-refractivity contribution < 1.29 is 22.6 Å². The molecular formula is C14H19F3N2O2. The van der Waals surface area contributed by atoms with Crippen molar-refractivity contribution >= 4 is 0 Å². The molecule has 1 saturated heterocycles. The largest absolute Gasteiger partial charge is 0.433 e. The molecule has 1 aromatic heterocycles. The first-order valence-corrected chi connectivity index (χ1v) is 6.76. The van der Waals surface area contributed by atoms with Crippen molar-refractivity contribution in [2.45, 2.75) is 44.9 Å². The first kappa shape index (κ1) is 16.2. The second-order valence-electron chi connectivity index (χ2n) is 5.56. The van der Waals surface area contributed by atoms with Crippen LogP contribution in [-0.2, 0) is 15.7 Å². The second-order valence-corrected chi connectivity index (χ2v) is 5.56. The Kier molecular flexibility index (Phi) is 4.55. The Hall–Kier alpha value is -1.18. The number of aromatic nitrogens is 1. The predicted molar refractivity (Wildman–Crippen MR) is 70.6 cm³/mol. The van der Waals surface area contributed by atoms with E-state index >= 15 is 0 Å². The average Bonchev–Trinajstić information content (AvgIpc) is 2.75. The normalized spacial score (nSPS) is 23.2. The van der Waals surface area contributed by atoms with E-state index in [2.05, 4.69) is 10.3 Å². The van der Waals surface area contributed by atoms with Gasteiger partial charge in [-0.2, -0.15) is 13.2 Å². The first-order valence-electron chi connectivity index (χ1n) is 6.76. The summed E-state index contributed by atoms with van der Waals surface area (Å²) in [5.74, 6) is -0.578. The average molecular weight is 304 g/mol. The van der Waals surface area contributed by atoms with Crippen molar-refractivity contribution in [1.82, 2.24) is 10.3 Å². The standard InChI is InChI=1S/C14H19F3N2O2/c1-9(18-7-11-8-20-13(2,3)21-11)10-4-5-12(19-6-10)14(15,16)17/h4-6,9,11,18H,7-8H2,1-3H3/t9?,11-/m1/s1. The molecule has 1 aromatic rings. The summed E-state index contributed by atoms with van der Waals surface area (Å²) in [6.45, 7) is 6.61. The van der Waals surface area contributed by atoms with Crippen molar-refractivity contribution in [1.29, 1.82) is 0 Å². The van der Waals surface area contributed by atoms with Crippen molar-refractivity contribution in [3.05, 3.63) is 29.6 Å². The van der Waals surface area contributed by atoms with Gasteiger partial charge in [0.05, 0.1) is 12.7 Å². The molecule has 118 valence electrons. The Labute approximate surface area is 121 Å². The number of alkyl halides is 3. The van der Waals surface area contributed by atoms with Gasteiger partial charge in [-0.25, -0.2) is 0 Å². The minimum Gasteiger partial charge on any atom is -0.348 e. The van der Waals surface area contributed by atoms with Gasteiger partial charge < -0.3 is 14.8 Å². The number of hydrogen-bond acceptors (Lipinski definition) is 4. The van der Waals surface area contributed by atoms with Gasteiger partial charge in [0.15, 0.2) is 5.79 Å². The summed E-state index contributed by atoms with van der Waals surface area (Å²) in [6.07, 6.45) is -3.23. The molecule has 0 amide bonds. The highest BCUT2D eigenvalue weighted by molar-refractivity contribution is 5.18. The Bertz CT molecular complexity index is 474. The number of nitrogens with zero attached hydrogens (tertiary/aromatic N) is 1.